The Hall–Kier alpha value is -2.95. The van der Waals surface area contributed by atoms with Gasteiger partial charge in [-0.1, -0.05) is 6.07 Å². The maximum Gasteiger partial charge on any atom is 0.307 e. The summed E-state index contributed by atoms with van der Waals surface area (Å²) >= 11 is 0. The standard InChI is InChI=1S/C21H23NO4/c1-5-26-17-7-6-14(10-18(17)25-4)21-15(11-19(23)24)20-13(3)8-12(2)9-16(20)22-21/h6-10,22H,5,11H2,1-4H3,(H,23,24). The van der Waals surface area contributed by atoms with Crippen molar-refractivity contribution in [1.82, 2.24) is 4.98 Å². The van der Waals surface area contributed by atoms with Gasteiger partial charge in [0.05, 0.1) is 25.8 Å². The van der Waals surface area contributed by atoms with Gasteiger partial charge in [0.25, 0.3) is 0 Å². The van der Waals surface area contributed by atoms with E-state index in [-0.39, 0.29) is 6.42 Å². The first-order valence-corrected chi connectivity index (χ1v) is 8.59. The van der Waals surface area contributed by atoms with Crippen molar-refractivity contribution in [2.24, 2.45) is 0 Å². The zero-order valence-corrected chi connectivity index (χ0v) is 15.5. The number of carboxylic acids is 1. The zero-order valence-electron chi connectivity index (χ0n) is 15.5. The Morgan fingerprint density at radius 2 is 1.92 bits per heavy atom. The normalized spacial score (nSPS) is 10.9. The highest BCUT2D eigenvalue weighted by atomic mass is 16.5. The lowest BCUT2D eigenvalue weighted by molar-refractivity contribution is -0.136. The number of nitrogens with one attached hydrogen (secondary N) is 1. The molecule has 0 fully saturated rings. The smallest absolute Gasteiger partial charge is 0.307 e. The summed E-state index contributed by atoms with van der Waals surface area (Å²) in [4.78, 5) is 14.9. The minimum absolute atomic E-state index is 0.0469. The molecular weight excluding hydrogens is 330 g/mol. The minimum atomic E-state index is -0.856. The molecule has 0 saturated carbocycles. The second-order valence-electron chi connectivity index (χ2n) is 6.35. The van der Waals surface area contributed by atoms with Crippen LogP contribution in [-0.2, 0) is 11.2 Å². The summed E-state index contributed by atoms with van der Waals surface area (Å²) in [5.74, 6) is 0.434. The van der Waals surface area contributed by atoms with E-state index >= 15 is 0 Å². The van der Waals surface area contributed by atoms with Crippen molar-refractivity contribution in [3.8, 4) is 22.8 Å². The maximum absolute atomic E-state index is 11.5. The topological polar surface area (TPSA) is 71.6 Å². The SMILES string of the molecule is CCOc1ccc(-c2[nH]c3cc(C)cc(C)c3c2CC(=O)O)cc1OC. The van der Waals surface area contributed by atoms with Crippen molar-refractivity contribution in [2.45, 2.75) is 27.2 Å². The molecule has 136 valence electrons. The highest BCUT2D eigenvalue weighted by molar-refractivity contribution is 5.96. The molecule has 3 aromatic rings. The van der Waals surface area contributed by atoms with E-state index in [0.29, 0.717) is 18.1 Å². The summed E-state index contributed by atoms with van der Waals surface area (Å²) < 4.78 is 11.0. The van der Waals surface area contributed by atoms with Gasteiger partial charge in [0.1, 0.15) is 0 Å². The Labute approximate surface area is 152 Å². The molecule has 0 aliphatic rings. The zero-order chi connectivity index (χ0) is 18.8. The summed E-state index contributed by atoms with van der Waals surface area (Å²) in [7, 11) is 1.60. The van der Waals surface area contributed by atoms with Crippen molar-refractivity contribution >= 4 is 16.9 Å². The molecule has 0 aliphatic heterocycles. The average molecular weight is 353 g/mol. The number of benzene rings is 2. The van der Waals surface area contributed by atoms with Crippen LogP contribution >= 0.6 is 0 Å². The molecule has 0 amide bonds. The van der Waals surface area contributed by atoms with Crippen LogP contribution in [0.5, 0.6) is 11.5 Å². The van der Waals surface area contributed by atoms with Gasteiger partial charge in [0.2, 0.25) is 0 Å². The summed E-state index contributed by atoms with van der Waals surface area (Å²) in [6.45, 7) is 6.51. The number of rotatable bonds is 6. The molecule has 0 radical (unpaired) electrons. The number of aromatic amines is 1. The molecule has 2 N–H and O–H groups in total. The Morgan fingerprint density at radius 1 is 1.15 bits per heavy atom. The molecule has 1 heterocycles. The second kappa shape index (κ2) is 7.12. The molecule has 1 aromatic heterocycles. The molecule has 26 heavy (non-hydrogen) atoms. The fraction of sp³-hybridized carbons (Fsp3) is 0.286. The van der Waals surface area contributed by atoms with E-state index in [0.717, 1.165) is 38.9 Å². The van der Waals surface area contributed by atoms with Crippen LogP contribution in [0.1, 0.15) is 23.6 Å². The van der Waals surface area contributed by atoms with Crippen molar-refractivity contribution in [3.63, 3.8) is 0 Å². The monoisotopic (exact) mass is 353 g/mol. The summed E-state index contributed by atoms with van der Waals surface area (Å²) in [6.07, 6.45) is -0.0469. The lowest BCUT2D eigenvalue weighted by Crippen LogP contribution is -2.02. The van der Waals surface area contributed by atoms with E-state index < -0.39 is 5.97 Å². The van der Waals surface area contributed by atoms with Crippen LogP contribution in [0.4, 0.5) is 0 Å². The largest absolute Gasteiger partial charge is 0.493 e. The van der Waals surface area contributed by atoms with Crippen LogP contribution in [0.25, 0.3) is 22.2 Å². The highest BCUT2D eigenvalue weighted by Crippen LogP contribution is 2.37. The Bertz CT molecular complexity index is 972. The van der Waals surface area contributed by atoms with E-state index in [4.69, 9.17) is 9.47 Å². The number of aryl methyl sites for hydroxylation is 2. The Balaban J connectivity index is 2.24. The van der Waals surface area contributed by atoms with Crippen molar-refractivity contribution in [2.75, 3.05) is 13.7 Å². The molecule has 3 rings (SSSR count). The van der Waals surface area contributed by atoms with Gasteiger partial charge in [-0.15, -0.1) is 0 Å². The first kappa shape index (κ1) is 17.9. The predicted octanol–water partition coefficient (Wildman–Crippen LogP) is 4.49. The van der Waals surface area contributed by atoms with Crippen molar-refractivity contribution in [3.05, 3.63) is 47.0 Å². The van der Waals surface area contributed by atoms with E-state index in [1.165, 1.54) is 0 Å². The van der Waals surface area contributed by atoms with Gasteiger partial charge in [0, 0.05) is 16.5 Å². The number of ether oxygens (including phenoxy) is 2. The minimum Gasteiger partial charge on any atom is -0.493 e. The molecule has 0 saturated heterocycles. The number of carbonyl (C=O) groups is 1. The van der Waals surface area contributed by atoms with Crippen molar-refractivity contribution < 1.29 is 19.4 Å². The average Bonchev–Trinajstić information content (AvgIpc) is 2.93. The Kier molecular flexibility index (Phi) is 4.89. The van der Waals surface area contributed by atoms with Gasteiger partial charge >= 0.3 is 5.97 Å². The van der Waals surface area contributed by atoms with Crippen LogP contribution in [0.15, 0.2) is 30.3 Å². The summed E-state index contributed by atoms with van der Waals surface area (Å²) in [5, 5.41) is 10.4. The van der Waals surface area contributed by atoms with Crippen LogP contribution in [0.3, 0.4) is 0 Å². The van der Waals surface area contributed by atoms with Gasteiger partial charge in [-0.25, -0.2) is 0 Å². The van der Waals surface area contributed by atoms with Gasteiger partial charge in [0.15, 0.2) is 11.5 Å². The predicted molar refractivity (Wildman–Crippen MR) is 102 cm³/mol. The van der Waals surface area contributed by atoms with Crippen LogP contribution in [0.2, 0.25) is 0 Å². The highest BCUT2D eigenvalue weighted by Gasteiger charge is 2.19. The number of methoxy groups -OCH3 is 1. The third-order valence-electron chi connectivity index (χ3n) is 4.42. The quantitative estimate of drug-likeness (QED) is 0.685. The number of carboxylic acid groups (broad SMARTS) is 1. The van der Waals surface area contributed by atoms with Crippen LogP contribution in [0, 0.1) is 13.8 Å². The number of hydrogen-bond acceptors (Lipinski definition) is 3. The van der Waals surface area contributed by atoms with Gasteiger partial charge in [-0.2, -0.15) is 0 Å². The number of fused-ring (bicyclic) bond motifs is 1. The number of H-pyrrole nitrogens is 1. The second-order valence-corrected chi connectivity index (χ2v) is 6.35. The summed E-state index contributed by atoms with van der Waals surface area (Å²) in [6, 6.07) is 9.77. The van der Waals surface area contributed by atoms with E-state index in [9.17, 15) is 9.90 Å². The third-order valence-corrected chi connectivity index (χ3v) is 4.42. The van der Waals surface area contributed by atoms with E-state index in [1.54, 1.807) is 7.11 Å². The number of hydrogen-bond donors (Lipinski definition) is 2. The fourth-order valence-electron chi connectivity index (χ4n) is 3.47. The lowest BCUT2D eigenvalue weighted by atomic mass is 9.98. The van der Waals surface area contributed by atoms with E-state index in [1.807, 2.05) is 45.0 Å². The van der Waals surface area contributed by atoms with Gasteiger partial charge < -0.3 is 19.6 Å². The van der Waals surface area contributed by atoms with E-state index in [2.05, 4.69) is 11.1 Å². The van der Waals surface area contributed by atoms with Crippen LogP contribution < -0.4 is 9.47 Å². The summed E-state index contributed by atoms with van der Waals surface area (Å²) in [5.41, 5.74) is 5.61. The Morgan fingerprint density at radius 3 is 2.58 bits per heavy atom. The molecular formula is C21H23NO4. The lowest BCUT2D eigenvalue weighted by Gasteiger charge is -2.11. The van der Waals surface area contributed by atoms with Gasteiger partial charge in [-0.3, -0.25) is 4.79 Å². The van der Waals surface area contributed by atoms with Crippen molar-refractivity contribution in [1.29, 1.82) is 0 Å². The molecule has 0 aliphatic carbocycles. The molecule has 0 unspecified atom stereocenters. The maximum atomic E-state index is 11.5. The van der Waals surface area contributed by atoms with Gasteiger partial charge in [-0.05, 0) is 61.7 Å². The first-order valence-electron chi connectivity index (χ1n) is 8.59. The fourth-order valence-corrected chi connectivity index (χ4v) is 3.47. The number of aliphatic carboxylic acids is 1. The molecule has 5 heteroatoms. The molecule has 0 atom stereocenters. The first-order chi connectivity index (χ1) is 12.4. The molecule has 0 spiro atoms. The van der Waals surface area contributed by atoms with Crippen LogP contribution in [-0.4, -0.2) is 29.8 Å². The molecule has 2 aromatic carbocycles. The third kappa shape index (κ3) is 3.25. The number of aromatic nitrogens is 1. The molecule has 5 nitrogen and oxygen atoms in total. The molecule has 0 bridgehead atoms.